The number of piperidine rings is 2. The highest BCUT2D eigenvalue weighted by Gasteiger charge is 2.21. The van der Waals surface area contributed by atoms with Crippen molar-refractivity contribution in [3.8, 4) is 6.01 Å². The van der Waals surface area contributed by atoms with E-state index >= 15 is 0 Å². The minimum Gasteiger partial charge on any atom is -0.460 e. The Labute approximate surface area is 168 Å². The van der Waals surface area contributed by atoms with Gasteiger partial charge in [-0.1, -0.05) is 30.7 Å². The van der Waals surface area contributed by atoms with Gasteiger partial charge in [0.2, 0.25) is 0 Å². The Balaban J connectivity index is 1.22. The van der Waals surface area contributed by atoms with E-state index in [0.29, 0.717) is 6.01 Å². The smallest absolute Gasteiger partial charge is 0.316 e. The van der Waals surface area contributed by atoms with E-state index in [1.54, 1.807) is 12.4 Å². The molecule has 0 amide bonds. The molecule has 1 aromatic heterocycles. The van der Waals surface area contributed by atoms with Gasteiger partial charge in [0.1, 0.15) is 6.10 Å². The standard InChI is InChI=1S/C23H32N4O/c1-2-13-26(14-3-1)15-8-20-6-4-7-21(18-20)19-27-16-9-22(10-17-27)28-23-24-11-5-12-25-23/h4-7,11-12,18,22H,1-3,8-10,13-17,19H2. The van der Waals surface area contributed by atoms with Gasteiger partial charge in [0.25, 0.3) is 0 Å². The first-order valence-electron chi connectivity index (χ1n) is 10.8. The van der Waals surface area contributed by atoms with Crippen LogP contribution in [0, 0.1) is 0 Å². The third kappa shape index (κ3) is 5.76. The normalized spacial score (nSPS) is 19.6. The molecule has 2 aliphatic heterocycles. The first kappa shape index (κ1) is 19.3. The first-order valence-corrected chi connectivity index (χ1v) is 10.8. The van der Waals surface area contributed by atoms with Crippen molar-refractivity contribution in [1.29, 1.82) is 0 Å². The van der Waals surface area contributed by atoms with E-state index < -0.39 is 0 Å². The molecule has 2 aliphatic rings. The second-order valence-corrected chi connectivity index (χ2v) is 8.10. The van der Waals surface area contributed by atoms with Gasteiger partial charge >= 0.3 is 6.01 Å². The number of benzene rings is 1. The minimum absolute atomic E-state index is 0.231. The molecule has 2 saturated heterocycles. The van der Waals surface area contributed by atoms with Crippen LogP contribution < -0.4 is 4.74 Å². The van der Waals surface area contributed by atoms with Crippen LogP contribution in [-0.2, 0) is 13.0 Å². The van der Waals surface area contributed by atoms with Crippen molar-refractivity contribution < 1.29 is 4.74 Å². The maximum absolute atomic E-state index is 5.91. The average Bonchev–Trinajstić information content (AvgIpc) is 2.76. The number of hydrogen-bond donors (Lipinski definition) is 0. The van der Waals surface area contributed by atoms with Crippen molar-refractivity contribution >= 4 is 0 Å². The maximum Gasteiger partial charge on any atom is 0.316 e. The van der Waals surface area contributed by atoms with Crippen molar-refractivity contribution in [1.82, 2.24) is 19.8 Å². The van der Waals surface area contributed by atoms with Crippen molar-refractivity contribution in [2.75, 3.05) is 32.7 Å². The van der Waals surface area contributed by atoms with Gasteiger partial charge in [0.15, 0.2) is 0 Å². The van der Waals surface area contributed by atoms with Crippen LogP contribution in [0.1, 0.15) is 43.2 Å². The fourth-order valence-corrected chi connectivity index (χ4v) is 4.29. The molecule has 0 radical (unpaired) electrons. The highest BCUT2D eigenvalue weighted by Crippen LogP contribution is 2.18. The summed E-state index contributed by atoms with van der Waals surface area (Å²) < 4.78 is 5.91. The Morgan fingerprint density at radius 1 is 0.857 bits per heavy atom. The lowest BCUT2D eigenvalue weighted by Gasteiger charge is -2.31. The Bertz CT molecular complexity index is 710. The van der Waals surface area contributed by atoms with Crippen molar-refractivity contribution in [3.63, 3.8) is 0 Å². The van der Waals surface area contributed by atoms with Gasteiger partial charge in [-0.15, -0.1) is 0 Å². The molecule has 3 heterocycles. The van der Waals surface area contributed by atoms with Crippen LogP contribution in [0.4, 0.5) is 0 Å². The van der Waals surface area contributed by atoms with E-state index in [-0.39, 0.29) is 6.10 Å². The quantitative estimate of drug-likeness (QED) is 0.735. The largest absolute Gasteiger partial charge is 0.460 e. The summed E-state index contributed by atoms with van der Waals surface area (Å²) in [5.41, 5.74) is 2.91. The van der Waals surface area contributed by atoms with Crippen LogP contribution in [0.25, 0.3) is 0 Å². The molecule has 2 aromatic rings. The van der Waals surface area contributed by atoms with Crippen molar-refractivity contribution in [3.05, 3.63) is 53.9 Å². The number of aromatic nitrogens is 2. The van der Waals surface area contributed by atoms with Gasteiger partial charge in [0, 0.05) is 38.6 Å². The SMILES string of the molecule is c1cnc(OC2CCN(Cc3cccc(CCN4CCCCC4)c3)CC2)nc1. The lowest BCUT2D eigenvalue weighted by atomic mass is 10.0. The highest BCUT2D eigenvalue weighted by molar-refractivity contribution is 5.24. The second-order valence-electron chi connectivity index (χ2n) is 8.10. The summed E-state index contributed by atoms with van der Waals surface area (Å²) in [7, 11) is 0. The third-order valence-electron chi connectivity index (χ3n) is 5.91. The molecule has 4 rings (SSSR count). The fraction of sp³-hybridized carbons (Fsp3) is 0.565. The molecule has 28 heavy (non-hydrogen) atoms. The van der Waals surface area contributed by atoms with Gasteiger partial charge in [-0.25, -0.2) is 9.97 Å². The molecule has 0 saturated carbocycles. The number of likely N-dealkylation sites (tertiary alicyclic amines) is 2. The van der Waals surface area contributed by atoms with Gasteiger partial charge in [0.05, 0.1) is 0 Å². The molecule has 2 fully saturated rings. The topological polar surface area (TPSA) is 41.5 Å². The fourth-order valence-electron chi connectivity index (χ4n) is 4.29. The number of rotatable bonds is 7. The zero-order valence-corrected chi connectivity index (χ0v) is 16.8. The van der Waals surface area contributed by atoms with Gasteiger partial charge in [-0.2, -0.15) is 0 Å². The predicted molar refractivity (Wildman–Crippen MR) is 111 cm³/mol. The lowest BCUT2D eigenvalue weighted by molar-refractivity contribution is 0.0892. The molecule has 1 aromatic carbocycles. The highest BCUT2D eigenvalue weighted by atomic mass is 16.5. The van der Waals surface area contributed by atoms with Gasteiger partial charge < -0.3 is 9.64 Å². The summed E-state index contributed by atoms with van der Waals surface area (Å²) in [6, 6.07) is 11.5. The van der Waals surface area contributed by atoms with E-state index in [1.807, 2.05) is 6.07 Å². The van der Waals surface area contributed by atoms with Crippen molar-refractivity contribution in [2.45, 2.75) is 51.2 Å². The Morgan fingerprint density at radius 3 is 2.39 bits per heavy atom. The zero-order valence-electron chi connectivity index (χ0n) is 16.8. The summed E-state index contributed by atoms with van der Waals surface area (Å²) in [5, 5.41) is 0. The molecule has 5 nitrogen and oxygen atoms in total. The Hall–Kier alpha value is -1.98. The summed E-state index contributed by atoms with van der Waals surface area (Å²) in [6.07, 6.45) is 11.1. The molecule has 0 bridgehead atoms. The average molecular weight is 381 g/mol. The zero-order chi connectivity index (χ0) is 19.0. The molecular weight excluding hydrogens is 348 g/mol. The number of ether oxygens (including phenoxy) is 1. The van der Waals surface area contributed by atoms with Crippen LogP contribution in [0.3, 0.4) is 0 Å². The molecule has 0 atom stereocenters. The summed E-state index contributed by atoms with van der Waals surface area (Å²) in [4.78, 5) is 13.5. The van der Waals surface area contributed by atoms with Crippen LogP contribution in [0.15, 0.2) is 42.7 Å². The molecule has 0 spiro atoms. The number of nitrogens with zero attached hydrogens (tertiary/aromatic N) is 4. The van der Waals surface area contributed by atoms with E-state index in [1.165, 1.54) is 56.4 Å². The van der Waals surface area contributed by atoms with E-state index in [0.717, 1.165) is 32.5 Å². The number of hydrogen-bond acceptors (Lipinski definition) is 5. The Kier molecular flexibility index (Phi) is 6.90. The molecular formula is C23H32N4O. The summed E-state index contributed by atoms with van der Waals surface area (Å²) in [5.74, 6) is 0. The van der Waals surface area contributed by atoms with Gasteiger partial charge in [-0.05, 0) is 62.4 Å². The molecule has 150 valence electrons. The van der Waals surface area contributed by atoms with Crippen LogP contribution in [-0.4, -0.2) is 58.6 Å². The van der Waals surface area contributed by atoms with E-state index in [2.05, 4.69) is 44.0 Å². The summed E-state index contributed by atoms with van der Waals surface area (Å²) >= 11 is 0. The maximum atomic E-state index is 5.91. The van der Waals surface area contributed by atoms with Crippen LogP contribution >= 0.6 is 0 Å². The first-order chi connectivity index (χ1) is 13.8. The third-order valence-corrected chi connectivity index (χ3v) is 5.91. The minimum atomic E-state index is 0.231. The van der Waals surface area contributed by atoms with Crippen molar-refractivity contribution in [2.24, 2.45) is 0 Å². The van der Waals surface area contributed by atoms with Gasteiger partial charge in [-0.3, -0.25) is 4.90 Å². The summed E-state index contributed by atoms with van der Waals surface area (Å²) in [6.45, 7) is 6.93. The predicted octanol–water partition coefficient (Wildman–Crippen LogP) is 3.55. The lowest BCUT2D eigenvalue weighted by Crippen LogP contribution is -2.38. The monoisotopic (exact) mass is 380 g/mol. The second kappa shape index (κ2) is 9.99. The molecule has 0 unspecified atom stereocenters. The Morgan fingerprint density at radius 2 is 1.61 bits per heavy atom. The van der Waals surface area contributed by atoms with E-state index in [4.69, 9.17) is 4.74 Å². The van der Waals surface area contributed by atoms with Crippen LogP contribution in [0.5, 0.6) is 6.01 Å². The molecule has 0 N–H and O–H groups in total. The van der Waals surface area contributed by atoms with E-state index in [9.17, 15) is 0 Å². The molecule has 5 heteroatoms. The van der Waals surface area contributed by atoms with Crippen LogP contribution in [0.2, 0.25) is 0 Å². The molecule has 0 aliphatic carbocycles.